The monoisotopic (exact) mass is 421 g/mol. The molecule has 2 aliphatic rings. The normalized spacial score (nSPS) is 21.8. The fourth-order valence-corrected chi connectivity index (χ4v) is 5.75. The number of amides is 1. The molecule has 150 valence electrons. The Morgan fingerprint density at radius 1 is 1.07 bits per heavy atom. The third-order valence-electron chi connectivity index (χ3n) is 5.85. The smallest absolute Gasteiger partial charge is 0.243 e. The number of nitrogens with one attached hydrogen (secondary N) is 1. The largest absolute Gasteiger partial charge is 0.338 e. The van der Waals surface area contributed by atoms with Crippen LogP contribution in [0.25, 0.3) is 10.8 Å². The van der Waals surface area contributed by atoms with E-state index in [9.17, 15) is 13.2 Å². The van der Waals surface area contributed by atoms with Crippen LogP contribution in [-0.2, 0) is 14.8 Å². The van der Waals surface area contributed by atoms with Crippen molar-refractivity contribution in [2.45, 2.75) is 36.2 Å². The number of nitrogens with zero attached hydrogens (tertiary/aromatic N) is 2. The number of piperidine rings is 1. The molecule has 2 saturated heterocycles. The summed E-state index contributed by atoms with van der Waals surface area (Å²) in [4.78, 5) is 15.0. The minimum atomic E-state index is -3.77. The summed E-state index contributed by atoms with van der Waals surface area (Å²) in [5.41, 5.74) is 0. The Morgan fingerprint density at radius 3 is 2.50 bits per heavy atom. The number of carbonyl (C=O) groups is 1. The van der Waals surface area contributed by atoms with Crippen LogP contribution in [0.15, 0.2) is 41.3 Å². The van der Waals surface area contributed by atoms with E-state index in [2.05, 4.69) is 5.32 Å². The Morgan fingerprint density at radius 2 is 1.75 bits per heavy atom. The molecule has 1 N–H and O–H groups in total. The number of likely N-dealkylation sites (tertiary alicyclic amines) is 1. The van der Waals surface area contributed by atoms with Crippen LogP contribution in [0.4, 0.5) is 0 Å². The molecule has 0 unspecified atom stereocenters. The van der Waals surface area contributed by atoms with E-state index in [1.165, 1.54) is 11.4 Å². The second-order valence-electron chi connectivity index (χ2n) is 7.49. The molecule has 2 aliphatic heterocycles. The van der Waals surface area contributed by atoms with Gasteiger partial charge in [0.1, 0.15) is 6.04 Å². The maximum absolute atomic E-state index is 13.2. The Hall–Kier alpha value is -1.67. The summed E-state index contributed by atoms with van der Waals surface area (Å²) < 4.78 is 27.6. The van der Waals surface area contributed by atoms with Crippen molar-refractivity contribution < 1.29 is 13.2 Å². The molecule has 2 fully saturated rings. The zero-order chi connectivity index (χ0) is 19.9. The van der Waals surface area contributed by atoms with E-state index >= 15 is 0 Å². The van der Waals surface area contributed by atoms with Crippen molar-refractivity contribution in [1.29, 1.82) is 0 Å². The van der Waals surface area contributed by atoms with Crippen LogP contribution in [-0.4, -0.2) is 62.3 Å². The molecule has 0 spiro atoms. The Labute approximate surface area is 170 Å². The zero-order valence-electron chi connectivity index (χ0n) is 15.8. The van der Waals surface area contributed by atoms with E-state index in [0.717, 1.165) is 36.7 Å². The molecule has 28 heavy (non-hydrogen) atoms. The van der Waals surface area contributed by atoms with Crippen LogP contribution < -0.4 is 5.32 Å². The molecule has 0 radical (unpaired) electrons. The first-order valence-electron chi connectivity index (χ1n) is 9.56. The lowest BCUT2D eigenvalue weighted by Gasteiger charge is -2.32. The van der Waals surface area contributed by atoms with Crippen LogP contribution in [0.2, 0.25) is 5.02 Å². The first kappa shape index (κ1) is 19.6. The van der Waals surface area contributed by atoms with E-state index in [0.29, 0.717) is 18.0 Å². The Bertz CT molecular complexity index is 1000. The number of halogens is 1. The van der Waals surface area contributed by atoms with Crippen molar-refractivity contribution in [3.05, 3.63) is 41.4 Å². The first-order chi connectivity index (χ1) is 13.4. The average Bonchev–Trinajstić information content (AvgIpc) is 3.08. The molecular formula is C20H24ClN3O3S. The van der Waals surface area contributed by atoms with E-state index in [-0.39, 0.29) is 16.8 Å². The number of hydrogen-bond acceptors (Lipinski definition) is 4. The third kappa shape index (κ3) is 3.52. The van der Waals surface area contributed by atoms with E-state index in [4.69, 9.17) is 11.6 Å². The predicted octanol–water partition coefficient (Wildman–Crippen LogP) is 2.47. The number of rotatable bonds is 4. The van der Waals surface area contributed by atoms with Gasteiger partial charge in [-0.3, -0.25) is 4.79 Å². The molecular weight excluding hydrogens is 398 g/mol. The lowest BCUT2D eigenvalue weighted by atomic mass is 10.1. The molecule has 1 atom stereocenters. The van der Waals surface area contributed by atoms with E-state index in [1.54, 1.807) is 36.4 Å². The van der Waals surface area contributed by atoms with Gasteiger partial charge in [-0.05, 0) is 67.4 Å². The zero-order valence-corrected chi connectivity index (χ0v) is 17.3. The van der Waals surface area contributed by atoms with Crippen LogP contribution in [0, 0.1) is 0 Å². The number of hydrogen-bond donors (Lipinski definition) is 1. The Kier molecular flexibility index (Phi) is 5.35. The van der Waals surface area contributed by atoms with Gasteiger partial charge in [0.25, 0.3) is 0 Å². The number of sulfonamides is 1. The second-order valence-corrected chi connectivity index (χ2v) is 9.93. The standard InChI is InChI=1S/C20H24ClN3O3S/c1-23(19-8-11-24(20(19)25)17-6-9-22-10-7-17)28(26,27)18-5-3-14-12-16(21)4-2-15(14)13-18/h2-5,12-13,17,19,22H,6-11H2,1H3/t19-/m0/s1. The van der Waals surface area contributed by atoms with Gasteiger partial charge in [0, 0.05) is 24.7 Å². The molecule has 2 aromatic rings. The van der Waals surface area contributed by atoms with Gasteiger partial charge in [-0.2, -0.15) is 4.31 Å². The summed E-state index contributed by atoms with van der Waals surface area (Å²) in [6.07, 6.45) is 2.37. The highest BCUT2D eigenvalue weighted by molar-refractivity contribution is 7.89. The van der Waals surface area contributed by atoms with Crippen molar-refractivity contribution in [3.8, 4) is 0 Å². The van der Waals surface area contributed by atoms with Crippen molar-refractivity contribution in [1.82, 2.24) is 14.5 Å². The van der Waals surface area contributed by atoms with Crippen molar-refractivity contribution in [2.75, 3.05) is 26.7 Å². The van der Waals surface area contributed by atoms with E-state index in [1.807, 2.05) is 4.90 Å². The van der Waals surface area contributed by atoms with Crippen LogP contribution in [0.5, 0.6) is 0 Å². The summed E-state index contributed by atoms with van der Waals surface area (Å²) >= 11 is 6.01. The third-order valence-corrected chi connectivity index (χ3v) is 7.95. The highest BCUT2D eigenvalue weighted by Gasteiger charge is 2.42. The lowest BCUT2D eigenvalue weighted by molar-refractivity contribution is -0.133. The van der Waals surface area contributed by atoms with Gasteiger partial charge >= 0.3 is 0 Å². The SMILES string of the molecule is CN([C@H]1CCN(C2CCNCC2)C1=O)S(=O)(=O)c1ccc2cc(Cl)ccc2c1. The van der Waals surface area contributed by atoms with Gasteiger partial charge in [-0.1, -0.05) is 23.7 Å². The van der Waals surface area contributed by atoms with Gasteiger partial charge in [0.15, 0.2) is 0 Å². The fourth-order valence-electron chi connectivity index (χ4n) is 4.19. The molecule has 2 heterocycles. The minimum absolute atomic E-state index is 0.0782. The molecule has 6 nitrogen and oxygen atoms in total. The molecule has 2 aromatic carbocycles. The molecule has 1 amide bonds. The fraction of sp³-hybridized carbons (Fsp3) is 0.450. The van der Waals surface area contributed by atoms with Crippen molar-refractivity contribution in [3.63, 3.8) is 0 Å². The van der Waals surface area contributed by atoms with Crippen LogP contribution in [0.3, 0.4) is 0 Å². The van der Waals surface area contributed by atoms with Crippen LogP contribution >= 0.6 is 11.6 Å². The maximum atomic E-state index is 13.2. The van der Waals surface area contributed by atoms with Crippen LogP contribution in [0.1, 0.15) is 19.3 Å². The topological polar surface area (TPSA) is 69.7 Å². The highest BCUT2D eigenvalue weighted by atomic mass is 35.5. The molecule has 0 bridgehead atoms. The van der Waals surface area contributed by atoms with Gasteiger partial charge in [-0.25, -0.2) is 8.42 Å². The average molecular weight is 422 g/mol. The van der Waals surface area contributed by atoms with Gasteiger partial charge < -0.3 is 10.2 Å². The Balaban J connectivity index is 1.57. The molecule has 0 saturated carbocycles. The summed E-state index contributed by atoms with van der Waals surface area (Å²) in [6, 6.07) is 9.88. The highest BCUT2D eigenvalue weighted by Crippen LogP contribution is 2.28. The molecule has 8 heteroatoms. The second kappa shape index (κ2) is 7.63. The van der Waals surface area contributed by atoms with Gasteiger partial charge in [-0.15, -0.1) is 0 Å². The summed E-state index contributed by atoms with van der Waals surface area (Å²) in [5, 5.41) is 5.58. The lowest BCUT2D eigenvalue weighted by Crippen LogP contribution is -2.48. The quantitative estimate of drug-likeness (QED) is 0.823. The minimum Gasteiger partial charge on any atom is -0.338 e. The summed E-state index contributed by atoms with van der Waals surface area (Å²) in [6.45, 7) is 2.41. The summed E-state index contributed by atoms with van der Waals surface area (Å²) in [7, 11) is -2.26. The summed E-state index contributed by atoms with van der Waals surface area (Å²) in [5.74, 6) is -0.0782. The number of carbonyl (C=O) groups excluding carboxylic acids is 1. The van der Waals surface area contributed by atoms with Gasteiger partial charge in [0.2, 0.25) is 15.9 Å². The maximum Gasteiger partial charge on any atom is 0.243 e. The van der Waals surface area contributed by atoms with Crippen molar-refractivity contribution in [2.24, 2.45) is 0 Å². The predicted molar refractivity (Wildman–Crippen MR) is 110 cm³/mol. The number of likely N-dealkylation sites (N-methyl/N-ethyl adjacent to an activating group) is 1. The number of benzene rings is 2. The van der Waals surface area contributed by atoms with Crippen molar-refractivity contribution >= 4 is 38.3 Å². The molecule has 4 rings (SSSR count). The molecule has 0 aliphatic carbocycles. The van der Waals surface area contributed by atoms with E-state index < -0.39 is 16.1 Å². The number of fused-ring (bicyclic) bond motifs is 1. The first-order valence-corrected chi connectivity index (χ1v) is 11.4. The van der Waals surface area contributed by atoms with Gasteiger partial charge in [0.05, 0.1) is 4.90 Å². The molecule has 0 aromatic heterocycles.